The molecule has 0 saturated heterocycles. The number of benzene rings is 2. The number of halogens is 4. The average molecular weight is 510 g/mol. The first-order chi connectivity index (χ1) is 16.2. The highest BCUT2D eigenvalue weighted by Gasteiger charge is 2.31. The van der Waals surface area contributed by atoms with E-state index in [-0.39, 0.29) is 28.6 Å². The predicted molar refractivity (Wildman–Crippen MR) is 124 cm³/mol. The summed E-state index contributed by atoms with van der Waals surface area (Å²) in [5.74, 6) is -1.06. The molecule has 1 heterocycles. The second kappa shape index (κ2) is 9.99. The highest BCUT2D eigenvalue weighted by atomic mass is 35.5. The van der Waals surface area contributed by atoms with Gasteiger partial charge >= 0.3 is 12.1 Å². The lowest BCUT2D eigenvalue weighted by Crippen LogP contribution is -2.27. The lowest BCUT2D eigenvalue weighted by atomic mass is 10.1. The van der Waals surface area contributed by atoms with Gasteiger partial charge in [0.2, 0.25) is 0 Å². The van der Waals surface area contributed by atoms with Crippen LogP contribution in [-0.4, -0.2) is 33.9 Å². The zero-order valence-corrected chi connectivity index (χ0v) is 20.1. The summed E-state index contributed by atoms with van der Waals surface area (Å²) in [6, 6.07) is 8.61. The molecule has 0 saturated carbocycles. The molecule has 11 heteroatoms. The number of hydrogen-bond donors (Lipinski definition) is 1. The minimum atomic E-state index is -4.58. The van der Waals surface area contributed by atoms with E-state index < -0.39 is 29.2 Å². The van der Waals surface area contributed by atoms with Gasteiger partial charge in [-0.3, -0.25) is 9.48 Å². The molecule has 0 spiro atoms. The Morgan fingerprint density at radius 1 is 1.11 bits per heavy atom. The first kappa shape index (κ1) is 26.1. The quantitative estimate of drug-likeness (QED) is 0.429. The van der Waals surface area contributed by atoms with Crippen molar-refractivity contribution >= 4 is 29.2 Å². The molecule has 0 fully saturated rings. The van der Waals surface area contributed by atoms with E-state index in [1.165, 1.54) is 35.1 Å². The number of rotatable bonds is 6. The largest absolute Gasteiger partial charge is 0.481 e. The standard InChI is InChI=1S/C24H23ClF3N3O4/c1-23(2,3)35-20(32)13-34-19-9-8-16(11-17(19)21-18(25)12-29-31(21)4)30-22(33)14-6-5-7-15(10-14)24(26,27)28/h5-12H,13H2,1-4H3,(H,30,33). The molecule has 0 aliphatic carbocycles. The van der Waals surface area contributed by atoms with Crippen molar-refractivity contribution < 1.29 is 32.2 Å². The van der Waals surface area contributed by atoms with Gasteiger partial charge in [0.15, 0.2) is 6.61 Å². The molecule has 0 unspecified atom stereocenters. The van der Waals surface area contributed by atoms with Gasteiger partial charge in [-0.1, -0.05) is 17.7 Å². The summed E-state index contributed by atoms with van der Waals surface area (Å²) in [5.41, 5.74) is -0.666. The molecular formula is C24H23ClF3N3O4. The number of nitrogens with zero attached hydrogens (tertiary/aromatic N) is 2. The van der Waals surface area contributed by atoms with E-state index in [9.17, 15) is 22.8 Å². The van der Waals surface area contributed by atoms with E-state index in [2.05, 4.69) is 10.4 Å². The third kappa shape index (κ3) is 6.75. The van der Waals surface area contributed by atoms with Crippen molar-refractivity contribution in [1.29, 1.82) is 0 Å². The predicted octanol–water partition coefficient (Wildman–Crippen LogP) is 5.73. The molecule has 0 atom stereocenters. The summed E-state index contributed by atoms with van der Waals surface area (Å²) in [7, 11) is 1.65. The Labute approximate surface area is 204 Å². The zero-order valence-electron chi connectivity index (χ0n) is 19.4. The summed E-state index contributed by atoms with van der Waals surface area (Å²) in [4.78, 5) is 24.7. The molecule has 3 rings (SSSR count). The van der Waals surface area contributed by atoms with E-state index in [1.54, 1.807) is 27.8 Å². The van der Waals surface area contributed by atoms with Gasteiger partial charge in [0.25, 0.3) is 5.91 Å². The van der Waals surface area contributed by atoms with Crippen LogP contribution in [0.3, 0.4) is 0 Å². The number of ether oxygens (including phenoxy) is 2. The SMILES string of the molecule is Cn1ncc(Cl)c1-c1cc(NC(=O)c2cccc(C(F)(F)F)c2)ccc1OCC(=O)OC(C)(C)C. The average Bonchev–Trinajstić information content (AvgIpc) is 3.09. The molecule has 1 amide bonds. The number of anilines is 1. The van der Waals surface area contributed by atoms with E-state index >= 15 is 0 Å². The Bertz CT molecular complexity index is 1230. The van der Waals surface area contributed by atoms with E-state index in [0.29, 0.717) is 11.3 Å². The van der Waals surface area contributed by atoms with Crippen molar-refractivity contribution in [3.8, 4) is 17.0 Å². The Kier molecular flexibility index (Phi) is 7.44. The fourth-order valence-corrected chi connectivity index (χ4v) is 3.45. The maximum absolute atomic E-state index is 13.0. The molecule has 2 aromatic carbocycles. The molecule has 0 bridgehead atoms. The fraction of sp³-hybridized carbons (Fsp3) is 0.292. The first-order valence-corrected chi connectivity index (χ1v) is 10.8. The van der Waals surface area contributed by atoms with Gasteiger partial charge in [0, 0.05) is 23.9 Å². The van der Waals surface area contributed by atoms with Crippen molar-refractivity contribution in [2.24, 2.45) is 7.05 Å². The van der Waals surface area contributed by atoms with Crippen molar-refractivity contribution in [1.82, 2.24) is 9.78 Å². The van der Waals surface area contributed by atoms with Crippen LogP contribution >= 0.6 is 11.6 Å². The van der Waals surface area contributed by atoms with E-state index in [1.807, 2.05) is 0 Å². The number of carbonyl (C=O) groups is 2. The minimum Gasteiger partial charge on any atom is -0.481 e. The Balaban J connectivity index is 1.90. The highest BCUT2D eigenvalue weighted by Crippen LogP contribution is 2.37. The number of hydrogen-bond acceptors (Lipinski definition) is 5. The summed E-state index contributed by atoms with van der Waals surface area (Å²) in [6.07, 6.45) is -3.16. The highest BCUT2D eigenvalue weighted by molar-refractivity contribution is 6.33. The van der Waals surface area contributed by atoms with Crippen molar-refractivity contribution in [2.75, 3.05) is 11.9 Å². The topological polar surface area (TPSA) is 82.5 Å². The second-order valence-corrected chi connectivity index (χ2v) is 8.99. The zero-order chi connectivity index (χ0) is 26.0. The third-order valence-electron chi connectivity index (χ3n) is 4.60. The number of aryl methyl sites for hydroxylation is 1. The monoisotopic (exact) mass is 509 g/mol. The molecule has 3 aromatic rings. The molecule has 7 nitrogen and oxygen atoms in total. The number of aromatic nitrogens is 2. The number of carbonyl (C=O) groups excluding carboxylic acids is 2. The van der Waals surface area contributed by atoms with Crippen LogP contribution in [0, 0.1) is 0 Å². The van der Waals surface area contributed by atoms with E-state index in [4.69, 9.17) is 21.1 Å². The van der Waals surface area contributed by atoms with Crippen LogP contribution in [0.4, 0.5) is 18.9 Å². The summed E-state index contributed by atoms with van der Waals surface area (Å²) in [5, 5.41) is 6.95. The molecule has 1 aromatic heterocycles. The van der Waals surface area contributed by atoms with Crippen molar-refractivity contribution in [3.05, 3.63) is 64.8 Å². The number of esters is 1. The summed E-state index contributed by atoms with van der Waals surface area (Å²) < 4.78 is 51.4. The van der Waals surface area contributed by atoms with Gasteiger partial charge in [-0.2, -0.15) is 18.3 Å². The lowest BCUT2D eigenvalue weighted by molar-refractivity contribution is -0.157. The molecular weight excluding hydrogens is 487 g/mol. The van der Waals surface area contributed by atoms with Crippen LogP contribution in [0.5, 0.6) is 5.75 Å². The van der Waals surface area contributed by atoms with Gasteiger partial charge in [0.05, 0.1) is 22.5 Å². The van der Waals surface area contributed by atoms with E-state index in [0.717, 1.165) is 18.2 Å². The molecule has 1 N–H and O–H groups in total. The van der Waals surface area contributed by atoms with Gasteiger partial charge in [-0.15, -0.1) is 0 Å². The number of alkyl halides is 3. The van der Waals surface area contributed by atoms with Crippen LogP contribution in [-0.2, 0) is 22.8 Å². The van der Waals surface area contributed by atoms with Crippen LogP contribution in [0.15, 0.2) is 48.7 Å². The maximum atomic E-state index is 13.0. The van der Waals surface area contributed by atoms with Crippen LogP contribution < -0.4 is 10.1 Å². The number of nitrogens with one attached hydrogen (secondary N) is 1. The van der Waals surface area contributed by atoms with Gasteiger partial charge in [-0.25, -0.2) is 4.79 Å². The van der Waals surface area contributed by atoms with Crippen molar-refractivity contribution in [2.45, 2.75) is 32.5 Å². The minimum absolute atomic E-state index is 0.162. The molecule has 0 aliphatic heterocycles. The second-order valence-electron chi connectivity index (χ2n) is 8.58. The maximum Gasteiger partial charge on any atom is 0.416 e. The van der Waals surface area contributed by atoms with Crippen LogP contribution in [0.25, 0.3) is 11.3 Å². The van der Waals surface area contributed by atoms with Crippen LogP contribution in [0.2, 0.25) is 5.02 Å². The summed E-state index contributed by atoms with van der Waals surface area (Å²) in [6.45, 7) is 4.81. The fourth-order valence-electron chi connectivity index (χ4n) is 3.18. The van der Waals surface area contributed by atoms with Gasteiger partial charge < -0.3 is 14.8 Å². The van der Waals surface area contributed by atoms with Gasteiger partial charge in [0.1, 0.15) is 11.4 Å². The van der Waals surface area contributed by atoms with Crippen LogP contribution in [0.1, 0.15) is 36.7 Å². The van der Waals surface area contributed by atoms with Gasteiger partial charge in [-0.05, 0) is 57.2 Å². The third-order valence-corrected chi connectivity index (χ3v) is 4.88. The Hall–Kier alpha value is -3.53. The number of amides is 1. The Morgan fingerprint density at radius 2 is 1.83 bits per heavy atom. The normalized spacial score (nSPS) is 11.8. The lowest BCUT2D eigenvalue weighted by Gasteiger charge is -2.20. The summed E-state index contributed by atoms with van der Waals surface area (Å²) >= 11 is 6.29. The van der Waals surface area contributed by atoms with Crippen molar-refractivity contribution in [3.63, 3.8) is 0 Å². The molecule has 0 radical (unpaired) electrons. The smallest absolute Gasteiger partial charge is 0.416 e. The molecule has 35 heavy (non-hydrogen) atoms. The first-order valence-electron chi connectivity index (χ1n) is 10.4. The molecule has 186 valence electrons. The molecule has 0 aliphatic rings. The Morgan fingerprint density at radius 3 is 2.43 bits per heavy atom.